The van der Waals surface area contributed by atoms with E-state index in [9.17, 15) is 4.79 Å². The Morgan fingerprint density at radius 3 is 2.90 bits per heavy atom. The molecule has 0 radical (unpaired) electrons. The van der Waals surface area contributed by atoms with Gasteiger partial charge >= 0.3 is 6.03 Å². The largest absolute Gasteiger partial charge is 0.394 e. The monoisotopic (exact) mass is 148 g/mol. The minimum absolute atomic E-state index is 0.105. The van der Waals surface area contributed by atoms with Crippen LogP contribution in [-0.4, -0.2) is 30.9 Å². The lowest BCUT2D eigenvalue weighted by molar-refractivity contribution is 0.0366. The van der Waals surface area contributed by atoms with E-state index in [1.807, 2.05) is 0 Å². The smallest absolute Gasteiger partial charge is 0.338 e. The molecule has 0 spiro atoms. The Morgan fingerprint density at radius 2 is 2.40 bits per heavy atom. The van der Waals surface area contributed by atoms with Crippen molar-refractivity contribution in [2.45, 2.75) is 6.92 Å². The van der Waals surface area contributed by atoms with E-state index in [4.69, 9.17) is 5.11 Å². The van der Waals surface area contributed by atoms with Crippen molar-refractivity contribution < 1.29 is 14.7 Å². The fourth-order valence-corrected chi connectivity index (χ4v) is 0.359. The molecule has 0 saturated heterocycles. The topological polar surface area (TPSA) is 70.6 Å². The minimum Gasteiger partial charge on any atom is -0.394 e. The zero-order valence-electron chi connectivity index (χ0n) is 5.89. The summed E-state index contributed by atoms with van der Waals surface area (Å²) >= 11 is 0. The quantitative estimate of drug-likeness (QED) is 0.362. The number of hydroxylamine groups is 1. The number of hydrogen-bond acceptors (Lipinski definition) is 3. The van der Waals surface area contributed by atoms with Crippen molar-refractivity contribution in [1.29, 1.82) is 0 Å². The standard InChI is InChI=1S/C5H12N2O3/c1-2-6-5(9)7-10-4-3-8/h8H,2-4H2,1H3,(H2,6,7,9). The molecule has 0 atom stereocenters. The van der Waals surface area contributed by atoms with Crippen LogP contribution in [0.3, 0.4) is 0 Å². The summed E-state index contributed by atoms with van der Waals surface area (Å²) in [5.41, 5.74) is 2.07. The van der Waals surface area contributed by atoms with E-state index >= 15 is 0 Å². The first-order valence-electron chi connectivity index (χ1n) is 3.07. The zero-order valence-corrected chi connectivity index (χ0v) is 5.89. The molecule has 2 amide bonds. The lowest BCUT2D eigenvalue weighted by Gasteiger charge is -2.03. The molecule has 0 aliphatic carbocycles. The van der Waals surface area contributed by atoms with E-state index in [1.165, 1.54) is 0 Å². The van der Waals surface area contributed by atoms with Gasteiger partial charge in [-0.1, -0.05) is 0 Å². The van der Waals surface area contributed by atoms with Gasteiger partial charge < -0.3 is 10.4 Å². The first kappa shape index (κ1) is 9.19. The Bertz CT molecular complexity index is 96.9. The molecule has 0 rings (SSSR count). The van der Waals surface area contributed by atoms with Gasteiger partial charge in [0.2, 0.25) is 0 Å². The fourth-order valence-electron chi connectivity index (χ4n) is 0.359. The first-order valence-corrected chi connectivity index (χ1v) is 3.07. The minimum atomic E-state index is -0.393. The molecule has 0 fully saturated rings. The average Bonchev–Trinajstić information content (AvgIpc) is 1.89. The Labute approximate surface area is 59.3 Å². The number of rotatable bonds is 4. The van der Waals surface area contributed by atoms with Crippen molar-refractivity contribution in [3.05, 3.63) is 0 Å². The molecule has 0 aliphatic rings. The summed E-state index contributed by atoms with van der Waals surface area (Å²) in [6.45, 7) is 2.35. The Morgan fingerprint density at radius 1 is 1.70 bits per heavy atom. The van der Waals surface area contributed by atoms with Crippen LogP contribution < -0.4 is 10.8 Å². The summed E-state index contributed by atoms with van der Waals surface area (Å²) in [5.74, 6) is 0. The third kappa shape index (κ3) is 5.33. The number of aliphatic hydroxyl groups excluding tert-OH is 1. The van der Waals surface area contributed by atoms with E-state index in [0.29, 0.717) is 6.54 Å². The summed E-state index contributed by atoms with van der Waals surface area (Å²) in [6.07, 6.45) is 0. The maximum atomic E-state index is 10.5. The second-order valence-electron chi connectivity index (χ2n) is 1.53. The molecule has 0 bridgehead atoms. The number of nitrogens with one attached hydrogen (secondary N) is 2. The van der Waals surface area contributed by atoms with Gasteiger partial charge in [-0.25, -0.2) is 10.3 Å². The molecule has 10 heavy (non-hydrogen) atoms. The summed E-state index contributed by atoms with van der Waals surface area (Å²) in [7, 11) is 0. The molecular weight excluding hydrogens is 136 g/mol. The molecule has 0 aliphatic heterocycles. The molecule has 60 valence electrons. The van der Waals surface area contributed by atoms with Crippen LogP contribution >= 0.6 is 0 Å². The number of carbonyl (C=O) groups excluding carboxylic acids is 1. The molecule has 0 aromatic heterocycles. The Kier molecular flexibility index (Phi) is 5.80. The summed E-state index contributed by atoms with van der Waals surface area (Å²) in [4.78, 5) is 15.0. The summed E-state index contributed by atoms with van der Waals surface area (Å²) < 4.78 is 0. The van der Waals surface area contributed by atoms with Gasteiger partial charge in [-0.15, -0.1) is 0 Å². The number of carbonyl (C=O) groups is 1. The SMILES string of the molecule is CCNC(=O)NOCCO. The molecule has 0 aromatic rings. The van der Waals surface area contributed by atoms with Gasteiger partial charge in [0.05, 0.1) is 13.2 Å². The van der Waals surface area contributed by atoms with Crippen LogP contribution in [0.25, 0.3) is 0 Å². The van der Waals surface area contributed by atoms with Gasteiger partial charge in [0, 0.05) is 6.54 Å². The highest BCUT2D eigenvalue weighted by atomic mass is 16.7. The van der Waals surface area contributed by atoms with Gasteiger partial charge in [-0.2, -0.15) is 0 Å². The third-order valence-electron chi connectivity index (χ3n) is 0.696. The fraction of sp³-hybridized carbons (Fsp3) is 0.800. The number of urea groups is 1. The molecule has 5 nitrogen and oxygen atoms in total. The van der Waals surface area contributed by atoms with Gasteiger partial charge in [0.15, 0.2) is 0 Å². The predicted molar refractivity (Wildman–Crippen MR) is 35.2 cm³/mol. The normalized spacial score (nSPS) is 9.00. The Balaban J connectivity index is 3.05. The van der Waals surface area contributed by atoms with E-state index < -0.39 is 6.03 Å². The van der Waals surface area contributed by atoms with E-state index in [2.05, 4.69) is 15.6 Å². The van der Waals surface area contributed by atoms with Crippen molar-refractivity contribution in [3.63, 3.8) is 0 Å². The first-order chi connectivity index (χ1) is 4.81. The molecule has 0 unspecified atom stereocenters. The van der Waals surface area contributed by atoms with Crippen molar-refractivity contribution in [1.82, 2.24) is 10.8 Å². The third-order valence-corrected chi connectivity index (χ3v) is 0.696. The molecule has 0 aromatic carbocycles. The van der Waals surface area contributed by atoms with Gasteiger partial charge in [-0.05, 0) is 6.92 Å². The van der Waals surface area contributed by atoms with Crippen LogP contribution in [0, 0.1) is 0 Å². The van der Waals surface area contributed by atoms with Crippen LogP contribution in [0.1, 0.15) is 6.92 Å². The average molecular weight is 148 g/mol. The second kappa shape index (κ2) is 6.31. The highest BCUT2D eigenvalue weighted by Crippen LogP contribution is 1.66. The maximum absolute atomic E-state index is 10.5. The molecule has 3 N–H and O–H groups in total. The van der Waals surface area contributed by atoms with Crippen molar-refractivity contribution in [3.8, 4) is 0 Å². The van der Waals surface area contributed by atoms with Crippen molar-refractivity contribution >= 4 is 6.03 Å². The van der Waals surface area contributed by atoms with Crippen LogP contribution in [0.4, 0.5) is 4.79 Å². The maximum Gasteiger partial charge on any atom is 0.338 e. The molecule has 0 saturated carbocycles. The summed E-state index contributed by atoms with van der Waals surface area (Å²) in [5, 5.41) is 10.7. The molecule has 0 heterocycles. The molecular formula is C5H12N2O3. The van der Waals surface area contributed by atoms with Gasteiger partial charge in [0.1, 0.15) is 0 Å². The van der Waals surface area contributed by atoms with Gasteiger partial charge in [-0.3, -0.25) is 4.84 Å². The van der Waals surface area contributed by atoms with E-state index in [1.54, 1.807) is 6.92 Å². The van der Waals surface area contributed by atoms with Gasteiger partial charge in [0.25, 0.3) is 0 Å². The second-order valence-corrected chi connectivity index (χ2v) is 1.53. The number of amides is 2. The summed E-state index contributed by atoms with van der Waals surface area (Å²) in [6, 6.07) is -0.393. The van der Waals surface area contributed by atoms with E-state index in [0.717, 1.165) is 0 Å². The lowest BCUT2D eigenvalue weighted by atomic mass is 10.7. The van der Waals surface area contributed by atoms with Crippen LogP contribution in [0.5, 0.6) is 0 Å². The van der Waals surface area contributed by atoms with Crippen LogP contribution in [0.2, 0.25) is 0 Å². The highest BCUT2D eigenvalue weighted by molar-refractivity contribution is 5.72. The van der Waals surface area contributed by atoms with Crippen LogP contribution in [0.15, 0.2) is 0 Å². The van der Waals surface area contributed by atoms with Crippen molar-refractivity contribution in [2.75, 3.05) is 19.8 Å². The Hall–Kier alpha value is -0.810. The highest BCUT2D eigenvalue weighted by Gasteiger charge is 1.94. The van der Waals surface area contributed by atoms with Crippen LogP contribution in [-0.2, 0) is 4.84 Å². The number of aliphatic hydroxyl groups is 1. The predicted octanol–water partition coefficient (Wildman–Crippen LogP) is -0.771. The van der Waals surface area contributed by atoms with Crippen molar-refractivity contribution in [2.24, 2.45) is 0 Å². The number of hydrogen-bond donors (Lipinski definition) is 3. The zero-order chi connectivity index (χ0) is 7.82. The van der Waals surface area contributed by atoms with E-state index in [-0.39, 0.29) is 13.2 Å². The lowest BCUT2D eigenvalue weighted by Crippen LogP contribution is -2.35. The molecule has 5 heteroatoms.